The first kappa shape index (κ1) is 20.3. The number of aryl methyl sites for hydroxylation is 1. The first-order valence-corrected chi connectivity index (χ1v) is 10.6. The molecule has 4 heterocycles. The van der Waals surface area contributed by atoms with Crippen molar-refractivity contribution in [3.05, 3.63) is 35.3 Å². The third-order valence-electron chi connectivity index (χ3n) is 5.33. The molecular weight excluding hydrogens is 380 g/mol. The summed E-state index contributed by atoms with van der Waals surface area (Å²) in [6.45, 7) is 9.93. The van der Waals surface area contributed by atoms with Crippen LogP contribution in [0.5, 0.6) is 6.01 Å². The van der Waals surface area contributed by atoms with Gasteiger partial charge >= 0.3 is 6.01 Å². The van der Waals surface area contributed by atoms with Crippen molar-refractivity contribution >= 4 is 17.3 Å². The van der Waals surface area contributed by atoms with Crippen LogP contribution in [0.2, 0.25) is 0 Å². The predicted octanol–water partition coefficient (Wildman–Crippen LogP) is 1.98. The Morgan fingerprint density at radius 1 is 1.30 bits per heavy atom. The lowest BCUT2D eigenvalue weighted by atomic mass is 10.1. The average molecular weight is 411 g/mol. The number of aromatic nitrogens is 5. The van der Waals surface area contributed by atoms with Crippen LogP contribution >= 0.6 is 0 Å². The summed E-state index contributed by atoms with van der Waals surface area (Å²) in [7, 11) is 0. The number of anilines is 2. The van der Waals surface area contributed by atoms with Crippen LogP contribution in [0.15, 0.2) is 18.5 Å². The molecule has 1 fully saturated rings. The van der Waals surface area contributed by atoms with Gasteiger partial charge in [0.1, 0.15) is 5.82 Å². The van der Waals surface area contributed by atoms with Gasteiger partial charge in [0.25, 0.3) is 0 Å². The zero-order valence-corrected chi connectivity index (χ0v) is 17.9. The molecule has 3 aromatic rings. The van der Waals surface area contributed by atoms with Crippen LogP contribution in [0.25, 0.3) is 5.65 Å². The second-order valence-corrected chi connectivity index (χ2v) is 7.93. The molecule has 0 spiro atoms. The van der Waals surface area contributed by atoms with Crippen LogP contribution in [0, 0.1) is 6.92 Å². The molecule has 1 aliphatic heterocycles. The van der Waals surface area contributed by atoms with Gasteiger partial charge in [-0.1, -0.05) is 19.4 Å². The number of nitrogens with one attached hydrogen (secondary N) is 1. The van der Waals surface area contributed by atoms with Crippen molar-refractivity contribution < 1.29 is 4.74 Å². The molecule has 1 atom stereocenters. The van der Waals surface area contributed by atoms with Crippen LogP contribution in [0.4, 0.5) is 11.6 Å². The zero-order valence-electron chi connectivity index (χ0n) is 17.9. The molecule has 160 valence electrons. The average Bonchev–Trinajstić information content (AvgIpc) is 3.11. The van der Waals surface area contributed by atoms with Crippen molar-refractivity contribution in [1.82, 2.24) is 29.9 Å². The number of nitrogens with zero attached hydrogens (tertiary/aromatic N) is 6. The van der Waals surface area contributed by atoms with Crippen LogP contribution in [0.3, 0.4) is 0 Å². The normalized spacial score (nSPS) is 16.9. The maximum absolute atomic E-state index is 6.07. The van der Waals surface area contributed by atoms with E-state index >= 15 is 0 Å². The molecule has 0 bridgehead atoms. The van der Waals surface area contributed by atoms with Crippen molar-refractivity contribution in [1.29, 1.82) is 0 Å². The molecule has 0 aromatic carbocycles. The van der Waals surface area contributed by atoms with E-state index in [0.717, 1.165) is 49.6 Å². The van der Waals surface area contributed by atoms with E-state index in [9.17, 15) is 0 Å². The number of imidazole rings is 1. The molecule has 9 heteroatoms. The SMILES string of the molecule is CCCCOc1nc(N)c2ncc(Cc3cnc(N4CCN[C@@H](C)C4)c(C)c3)n2n1. The Bertz CT molecular complexity index is 1020. The highest BCUT2D eigenvalue weighted by molar-refractivity contribution is 5.60. The second-order valence-electron chi connectivity index (χ2n) is 7.93. The molecule has 3 aromatic heterocycles. The number of rotatable bonds is 7. The van der Waals surface area contributed by atoms with Gasteiger partial charge in [0.15, 0.2) is 11.5 Å². The maximum Gasteiger partial charge on any atom is 0.336 e. The Morgan fingerprint density at radius 3 is 2.93 bits per heavy atom. The number of unbranched alkanes of at least 4 members (excludes halogenated alkanes) is 1. The predicted molar refractivity (Wildman–Crippen MR) is 117 cm³/mol. The molecule has 9 nitrogen and oxygen atoms in total. The van der Waals surface area contributed by atoms with E-state index in [-0.39, 0.29) is 6.01 Å². The third kappa shape index (κ3) is 4.30. The molecule has 0 amide bonds. The van der Waals surface area contributed by atoms with E-state index in [2.05, 4.69) is 52.1 Å². The van der Waals surface area contributed by atoms with Crippen LogP contribution in [0.1, 0.15) is 43.5 Å². The Balaban J connectivity index is 1.55. The number of piperazine rings is 1. The molecule has 3 N–H and O–H groups in total. The highest BCUT2D eigenvalue weighted by atomic mass is 16.5. The van der Waals surface area contributed by atoms with Gasteiger partial charge in [0.05, 0.1) is 18.5 Å². The molecule has 1 aliphatic rings. The lowest BCUT2D eigenvalue weighted by Gasteiger charge is -2.33. The fourth-order valence-electron chi connectivity index (χ4n) is 3.81. The van der Waals surface area contributed by atoms with E-state index in [1.54, 1.807) is 10.7 Å². The summed E-state index contributed by atoms with van der Waals surface area (Å²) < 4.78 is 7.37. The summed E-state index contributed by atoms with van der Waals surface area (Å²) in [5.41, 5.74) is 9.81. The number of nitrogen functional groups attached to an aromatic ring is 1. The number of nitrogens with two attached hydrogens (primary N) is 1. The summed E-state index contributed by atoms with van der Waals surface area (Å²) in [4.78, 5) is 15.7. The largest absolute Gasteiger partial charge is 0.462 e. The molecule has 0 saturated carbocycles. The molecule has 0 unspecified atom stereocenters. The van der Waals surface area contributed by atoms with Gasteiger partial charge in [-0.15, -0.1) is 5.10 Å². The van der Waals surface area contributed by atoms with Gasteiger partial charge in [0.2, 0.25) is 0 Å². The lowest BCUT2D eigenvalue weighted by Crippen LogP contribution is -2.49. The molecule has 1 saturated heterocycles. The topological polar surface area (TPSA) is 106 Å². The second kappa shape index (κ2) is 8.83. The van der Waals surface area contributed by atoms with E-state index in [1.165, 1.54) is 5.56 Å². The number of fused-ring (bicyclic) bond motifs is 1. The number of ether oxygens (including phenoxy) is 1. The maximum atomic E-state index is 6.07. The fraction of sp³-hybridized carbons (Fsp3) is 0.524. The number of pyridine rings is 1. The van der Waals surface area contributed by atoms with E-state index in [4.69, 9.17) is 15.5 Å². The lowest BCUT2D eigenvalue weighted by molar-refractivity contribution is 0.280. The molecular formula is C21H30N8O. The standard InChI is InChI=1S/C21H30N8O/c1-4-5-8-30-21-26-18(22)20-25-12-17(29(20)27-21)10-16-9-14(2)19(24-11-16)28-7-6-23-15(3)13-28/h9,11-12,15,23H,4-8,10,13H2,1-3H3,(H2,22,26,27)/t15-/m0/s1. The van der Waals surface area contributed by atoms with Crippen molar-refractivity contribution in [2.24, 2.45) is 0 Å². The van der Waals surface area contributed by atoms with Crippen LogP contribution in [-0.2, 0) is 6.42 Å². The van der Waals surface area contributed by atoms with Crippen LogP contribution < -0.4 is 20.7 Å². The highest BCUT2D eigenvalue weighted by Crippen LogP contribution is 2.22. The van der Waals surface area contributed by atoms with Crippen molar-refractivity contribution in [3.63, 3.8) is 0 Å². The van der Waals surface area contributed by atoms with Gasteiger partial charge in [-0.3, -0.25) is 0 Å². The summed E-state index contributed by atoms with van der Waals surface area (Å²) in [5.74, 6) is 1.38. The van der Waals surface area contributed by atoms with E-state index in [1.807, 2.05) is 6.20 Å². The van der Waals surface area contributed by atoms with Crippen molar-refractivity contribution in [2.75, 3.05) is 36.9 Å². The van der Waals surface area contributed by atoms with Gasteiger partial charge in [-0.05, 0) is 31.4 Å². The zero-order chi connectivity index (χ0) is 21.1. The van der Waals surface area contributed by atoms with Gasteiger partial charge in [0, 0.05) is 38.3 Å². The third-order valence-corrected chi connectivity index (χ3v) is 5.33. The smallest absolute Gasteiger partial charge is 0.336 e. The van der Waals surface area contributed by atoms with Gasteiger partial charge in [-0.2, -0.15) is 4.98 Å². The summed E-state index contributed by atoms with van der Waals surface area (Å²) in [6.07, 6.45) is 6.37. The van der Waals surface area contributed by atoms with E-state index < -0.39 is 0 Å². The summed E-state index contributed by atoms with van der Waals surface area (Å²) in [5, 5.41) is 7.96. The number of hydrogen-bond acceptors (Lipinski definition) is 8. The Labute approximate surface area is 176 Å². The van der Waals surface area contributed by atoms with Crippen molar-refractivity contribution in [3.8, 4) is 6.01 Å². The highest BCUT2D eigenvalue weighted by Gasteiger charge is 2.19. The first-order chi connectivity index (χ1) is 14.5. The first-order valence-electron chi connectivity index (χ1n) is 10.6. The monoisotopic (exact) mass is 410 g/mol. The Hall–Kier alpha value is -2.94. The minimum atomic E-state index is 0.283. The minimum Gasteiger partial charge on any atom is -0.462 e. The summed E-state index contributed by atoms with van der Waals surface area (Å²) in [6, 6.07) is 2.94. The fourth-order valence-corrected chi connectivity index (χ4v) is 3.81. The molecule has 0 radical (unpaired) electrons. The summed E-state index contributed by atoms with van der Waals surface area (Å²) >= 11 is 0. The minimum absolute atomic E-state index is 0.283. The molecule has 0 aliphatic carbocycles. The van der Waals surface area contributed by atoms with Crippen molar-refractivity contribution in [2.45, 2.75) is 46.1 Å². The number of hydrogen-bond donors (Lipinski definition) is 2. The van der Waals surface area contributed by atoms with Gasteiger partial charge in [-0.25, -0.2) is 14.5 Å². The Morgan fingerprint density at radius 2 is 2.17 bits per heavy atom. The quantitative estimate of drug-likeness (QED) is 0.570. The molecule has 4 rings (SSSR count). The van der Waals surface area contributed by atoms with E-state index in [0.29, 0.717) is 30.5 Å². The van der Waals surface area contributed by atoms with Crippen LogP contribution in [-0.4, -0.2) is 56.8 Å². The molecule has 30 heavy (non-hydrogen) atoms. The van der Waals surface area contributed by atoms with Gasteiger partial charge < -0.3 is 20.7 Å². The Kier molecular flexibility index (Phi) is 5.98.